The number of hydrogen-bond donors (Lipinski definition) is 5. The average molecular weight is 1340 g/mol. The van der Waals surface area contributed by atoms with Gasteiger partial charge in [0.25, 0.3) is 11.8 Å². The quantitative estimate of drug-likeness (QED) is 0.0250. The molecule has 0 aliphatic rings. The highest BCUT2D eigenvalue weighted by Crippen LogP contribution is 2.28. The molecule has 99 heavy (non-hydrogen) atoms. The van der Waals surface area contributed by atoms with Gasteiger partial charge in [0.1, 0.15) is 34.8 Å². The number of aromatic nitrogens is 4. The number of aromatic hydroxyl groups is 1. The third-order valence-electron chi connectivity index (χ3n) is 15.8. The SMILES string of the molecule is CC(C)(C)OC(=O)CCNC(=O)[C@H](Cc1ccc(-c2ncc(-c3ccc(O)cc3)cn2)cc1)NC(=O)c1ccc(C(C)(C)C)cc1.CC(C)CCCCOc1ccc(-c2cnc(-c3ccc(C[C@H](NC(=O)c4ccc(C(C)(C)C)cc4)C(=O)NCCC(=O)OC(C)(C)C)cc3)nc2)cc1. The molecule has 2 heterocycles. The van der Waals surface area contributed by atoms with Crippen LogP contribution in [-0.4, -0.2) is 104 Å². The largest absolute Gasteiger partial charge is 0.508 e. The average Bonchev–Trinajstić information content (AvgIpc) is 0.838. The van der Waals surface area contributed by atoms with Crippen LogP contribution >= 0.6 is 0 Å². The molecule has 0 radical (unpaired) electrons. The van der Waals surface area contributed by atoms with Crippen LogP contribution in [0, 0.1) is 5.92 Å². The maximum atomic E-state index is 13.4. The van der Waals surface area contributed by atoms with Crippen molar-refractivity contribution in [1.29, 1.82) is 0 Å². The van der Waals surface area contributed by atoms with Gasteiger partial charge < -0.3 is 40.6 Å². The summed E-state index contributed by atoms with van der Waals surface area (Å²) in [7, 11) is 0. The van der Waals surface area contributed by atoms with Crippen molar-refractivity contribution in [2.75, 3.05) is 19.7 Å². The Balaban J connectivity index is 0.000000281. The van der Waals surface area contributed by atoms with Gasteiger partial charge in [-0.25, -0.2) is 19.9 Å². The summed E-state index contributed by atoms with van der Waals surface area (Å²) in [5, 5.41) is 20.9. The summed E-state index contributed by atoms with van der Waals surface area (Å²) in [6.07, 6.45) is 11.0. The maximum absolute atomic E-state index is 13.4. The monoisotopic (exact) mass is 1340 g/mol. The molecular weight excluding hydrogens is 1240 g/mol. The smallest absolute Gasteiger partial charge is 0.308 e. The van der Waals surface area contributed by atoms with Crippen molar-refractivity contribution in [3.05, 3.63) is 204 Å². The molecular formula is C81H98N8O10. The summed E-state index contributed by atoms with van der Waals surface area (Å²) in [5.74, 6) is 0.528. The second-order valence-corrected chi connectivity index (χ2v) is 29.2. The van der Waals surface area contributed by atoms with Crippen LogP contribution in [0.1, 0.15) is 172 Å². The van der Waals surface area contributed by atoms with Gasteiger partial charge in [-0.1, -0.05) is 159 Å². The highest BCUT2D eigenvalue weighted by Gasteiger charge is 2.27. The molecule has 2 atom stereocenters. The molecule has 18 nitrogen and oxygen atoms in total. The second-order valence-electron chi connectivity index (χ2n) is 29.2. The van der Waals surface area contributed by atoms with Crippen LogP contribution in [0.15, 0.2) is 170 Å². The van der Waals surface area contributed by atoms with Crippen molar-refractivity contribution in [2.45, 2.75) is 176 Å². The molecule has 0 saturated carbocycles. The molecule has 18 heteroatoms. The highest BCUT2D eigenvalue weighted by molar-refractivity contribution is 5.98. The summed E-state index contributed by atoms with van der Waals surface area (Å²) in [4.78, 5) is 95.9. The maximum Gasteiger partial charge on any atom is 0.308 e. The molecule has 4 amide bonds. The fraction of sp³-hybridized carbons (Fsp3) is 0.383. The number of carbonyl (C=O) groups excluding carboxylic acids is 6. The fourth-order valence-electron chi connectivity index (χ4n) is 10.3. The van der Waals surface area contributed by atoms with Gasteiger partial charge in [-0.3, -0.25) is 28.8 Å². The number of amides is 4. The summed E-state index contributed by atoms with van der Waals surface area (Å²) in [6.45, 7) is 28.7. The van der Waals surface area contributed by atoms with E-state index >= 15 is 0 Å². The third kappa shape index (κ3) is 25.4. The van der Waals surface area contributed by atoms with E-state index in [4.69, 9.17) is 14.2 Å². The van der Waals surface area contributed by atoms with Gasteiger partial charge in [0, 0.05) is 84.1 Å². The van der Waals surface area contributed by atoms with Gasteiger partial charge in [0.15, 0.2) is 11.6 Å². The van der Waals surface area contributed by atoms with E-state index in [1.54, 1.807) is 115 Å². The molecule has 2 aromatic heterocycles. The Labute approximate surface area is 584 Å². The topological polar surface area (TPSA) is 250 Å². The first-order chi connectivity index (χ1) is 46.7. The minimum absolute atomic E-state index is 0.0121. The number of phenolic OH excluding ortho intramolecular Hbond substituents is 1. The summed E-state index contributed by atoms with van der Waals surface area (Å²) in [5.41, 5.74) is 8.64. The molecule has 0 aliphatic carbocycles. The number of rotatable bonds is 26. The van der Waals surface area contributed by atoms with Crippen LogP contribution in [0.25, 0.3) is 45.0 Å². The number of benzene rings is 6. The molecule has 6 aromatic carbocycles. The van der Waals surface area contributed by atoms with Crippen molar-refractivity contribution in [1.82, 2.24) is 41.2 Å². The van der Waals surface area contributed by atoms with E-state index in [1.807, 2.05) is 97.1 Å². The Kier molecular flexibility index (Phi) is 26.9. The zero-order valence-electron chi connectivity index (χ0n) is 59.9. The number of esters is 2. The lowest BCUT2D eigenvalue weighted by atomic mass is 9.86. The van der Waals surface area contributed by atoms with Crippen molar-refractivity contribution in [3.8, 4) is 56.5 Å². The molecule has 0 saturated heterocycles. The summed E-state index contributed by atoms with van der Waals surface area (Å²) < 4.78 is 16.6. The standard InChI is InChI=1S/C44H56N4O5.C37H42N4O5/c1-30(2)11-9-10-26-52-37-22-18-32(19-23-37)35-28-46-40(47-29-35)33-14-12-31(13-15-33)27-38(42(51)45-25-24-39(49)53-44(6,7)8)48-41(50)34-16-20-36(21-17-34)43(3,4)5;1-36(2,3)29-15-11-27(12-16-29)34(44)41-31(35(45)38-20-19-32(43)46-37(4,5)6)21-24-7-9-26(10-8-24)33-39-22-28(23-40-33)25-13-17-30(42)18-14-25/h12-23,28-30,38H,9-11,24-27H2,1-8H3,(H,45,51)(H,48,50);7-18,22-23,31,42H,19-21H2,1-6H3,(H,38,45)(H,41,44)/t38-;31-/m00/s1. The Morgan fingerprint density at radius 3 is 1.13 bits per heavy atom. The van der Waals surface area contributed by atoms with E-state index in [9.17, 15) is 33.9 Å². The van der Waals surface area contributed by atoms with Gasteiger partial charge in [-0.05, 0) is 153 Å². The number of carbonyl (C=O) groups is 6. The second kappa shape index (κ2) is 34.9. The Bertz CT molecular complexity index is 3930. The first kappa shape index (κ1) is 76.3. The van der Waals surface area contributed by atoms with Crippen LogP contribution in [0.4, 0.5) is 0 Å². The lowest BCUT2D eigenvalue weighted by molar-refractivity contribution is -0.155. The number of nitrogens with one attached hydrogen (secondary N) is 4. The molecule has 0 unspecified atom stereocenters. The van der Waals surface area contributed by atoms with Crippen molar-refractivity contribution in [3.63, 3.8) is 0 Å². The van der Waals surface area contributed by atoms with Gasteiger partial charge in [-0.15, -0.1) is 0 Å². The highest BCUT2D eigenvalue weighted by atomic mass is 16.6. The molecule has 8 rings (SSSR count). The van der Waals surface area contributed by atoms with Crippen molar-refractivity contribution < 1.29 is 48.1 Å². The van der Waals surface area contributed by atoms with Crippen LogP contribution in [0.3, 0.4) is 0 Å². The number of nitrogens with zero attached hydrogens (tertiary/aromatic N) is 4. The first-order valence-corrected chi connectivity index (χ1v) is 33.9. The number of unbranched alkanes of at least 4 members (excludes halogenated alkanes) is 1. The van der Waals surface area contributed by atoms with Gasteiger partial charge in [-0.2, -0.15) is 0 Å². The number of ether oxygens (including phenoxy) is 3. The first-order valence-electron chi connectivity index (χ1n) is 33.9. The van der Waals surface area contributed by atoms with Crippen LogP contribution < -0.4 is 26.0 Å². The lowest BCUT2D eigenvalue weighted by Gasteiger charge is -2.21. The van der Waals surface area contributed by atoms with E-state index in [1.165, 1.54) is 12.8 Å². The van der Waals surface area contributed by atoms with E-state index in [0.717, 1.165) is 67.8 Å². The van der Waals surface area contributed by atoms with E-state index in [0.29, 0.717) is 35.3 Å². The zero-order chi connectivity index (χ0) is 72.1. The molecule has 0 spiro atoms. The number of phenols is 1. The van der Waals surface area contributed by atoms with E-state index < -0.39 is 47.0 Å². The molecule has 8 aromatic rings. The molecule has 5 N–H and O–H groups in total. The van der Waals surface area contributed by atoms with E-state index in [-0.39, 0.29) is 67.2 Å². The van der Waals surface area contributed by atoms with Crippen molar-refractivity contribution in [2.24, 2.45) is 5.92 Å². The fourth-order valence-corrected chi connectivity index (χ4v) is 10.3. The predicted octanol–water partition coefficient (Wildman–Crippen LogP) is 14.5. The van der Waals surface area contributed by atoms with Crippen molar-refractivity contribution >= 4 is 35.6 Å². The van der Waals surface area contributed by atoms with Gasteiger partial charge >= 0.3 is 11.9 Å². The Morgan fingerprint density at radius 2 is 0.788 bits per heavy atom. The Hall–Kier alpha value is -10.1. The minimum atomic E-state index is -0.889. The molecule has 0 fully saturated rings. The molecule has 0 aliphatic heterocycles. The minimum Gasteiger partial charge on any atom is -0.508 e. The van der Waals surface area contributed by atoms with Crippen LogP contribution in [0.2, 0.25) is 0 Å². The lowest BCUT2D eigenvalue weighted by Crippen LogP contribution is -2.48. The van der Waals surface area contributed by atoms with Gasteiger partial charge in [0.05, 0.1) is 19.4 Å². The Morgan fingerprint density at radius 1 is 0.434 bits per heavy atom. The molecule has 522 valence electrons. The van der Waals surface area contributed by atoms with Crippen LogP contribution in [-0.2, 0) is 52.3 Å². The zero-order valence-corrected chi connectivity index (χ0v) is 59.9. The summed E-state index contributed by atoms with van der Waals surface area (Å²) in [6, 6.07) is 42.9. The normalized spacial score (nSPS) is 12.2. The van der Waals surface area contributed by atoms with Crippen LogP contribution in [0.5, 0.6) is 11.5 Å². The molecule has 0 bridgehead atoms. The van der Waals surface area contributed by atoms with Gasteiger partial charge in [0.2, 0.25) is 11.8 Å². The summed E-state index contributed by atoms with van der Waals surface area (Å²) >= 11 is 0. The predicted molar refractivity (Wildman–Crippen MR) is 389 cm³/mol. The number of hydrogen-bond acceptors (Lipinski definition) is 14. The van der Waals surface area contributed by atoms with E-state index in [2.05, 4.69) is 96.6 Å². The third-order valence-corrected chi connectivity index (χ3v) is 15.8.